The van der Waals surface area contributed by atoms with E-state index in [9.17, 15) is 0 Å². The standard InChI is InChI=1S/C14H19N3O2S/c1-18-10-9-15-8-7-13-16-17-14(20-13)11-19-12-5-3-2-4-6-12/h2-6,15H,7-11H2,1H3. The number of nitrogens with zero attached hydrogens (tertiary/aromatic N) is 2. The molecule has 5 nitrogen and oxygen atoms in total. The van der Waals surface area contributed by atoms with Crippen LogP contribution in [0.3, 0.4) is 0 Å². The van der Waals surface area contributed by atoms with Crippen LogP contribution in [-0.2, 0) is 17.8 Å². The number of benzene rings is 1. The summed E-state index contributed by atoms with van der Waals surface area (Å²) < 4.78 is 10.6. The molecule has 1 N–H and O–H groups in total. The monoisotopic (exact) mass is 293 g/mol. The van der Waals surface area contributed by atoms with E-state index in [-0.39, 0.29) is 0 Å². The molecule has 0 bridgehead atoms. The molecule has 0 unspecified atom stereocenters. The Balaban J connectivity index is 1.69. The Kier molecular flexibility index (Phi) is 6.43. The van der Waals surface area contributed by atoms with Gasteiger partial charge in [0.25, 0.3) is 0 Å². The number of hydrogen-bond donors (Lipinski definition) is 1. The summed E-state index contributed by atoms with van der Waals surface area (Å²) in [6, 6.07) is 9.73. The zero-order chi connectivity index (χ0) is 14.0. The second-order valence-corrected chi connectivity index (χ2v) is 5.33. The van der Waals surface area contributed by atoms with Gasteiger partial charge in [0.1, 0.15) is 17.4 Å². The number of rotatable bonds is 9. The van der Waals surface area contributed by atoms with Crippen LogP contribution in [0, 0.1) is 0 Å². The van der Waals surface area contributed by atoms with Crippen molar-refractivity contribution in [2.75, 3.05) is 26.8 Å². The highest BCUT2D eigenvalue weighted by atomic mass is 32.1. The van der Waals surface area contributed by atoms with Crippen molar-refractivity contribution in [2.45, 2.75) is 13.0 Å². The lowest BCUT2D eigenvalue weighted by Crippen LogP contribution is -2.21. The van der Waals surface area contributed by atoms with Gasteiger partial charge in [-0.2, -0.15) is 0 Å². The lowest BCUT2D eigenvalue weighted by Gasteiger charge is -2.02. The van der Waals surface area contributed by atoms with Crippen molar-refractivity contribution in [3.8, 4) is 5.75 Å². The Labute approximate surface area is 123 Å². The zero-order valence-electron chi connectivity index (χ0n) is 11.5. The summed E-state index contributed by atoms with van der Waals surface area (Å²) >= 11 is 1.60. The van der Waals surface area contributed by atoms with Crippen LogP contribution in [0.5, 0.6) is 5.75 Å². The minimum absolute atomic E-state index is 0.471. The average molecular weight is 293 g/mol. The maximum Gasteiger partial charge on any atom is 0.155 e. The van der Waals surface area contributed by atoms with E-state index in [1.165, 1.54) is 0 Å². The van der Waals surface area contributed by atoms with Gasteiger partial charge in [-0.3, -0.25) is 0 Å². The van der Waals surface area contributed by atoms with Gasteiger partial charge in [0.2, 0.25) is 0 Å². The molecule has 1 aromatic carbocycles. The Bertz CT molecular complexity index is 490. The fraction of sp³-hybridized carbons (Fsp3) is 0.429. The van der Waals surface area contributed by atoms with Gasteiger partial charge in [-0.25, -0.2) is 0 Å². The molecule has 0 amide bonds. The lowest BCUT2D eigenvalue weighted by molar-refractivity contribution is 0.199. The van der Waals surface area contributed by atoms with Crippen molar-refractivity contribution in [1.82, 2.24) is 15.5 Å². The number of hydrogen-bond acceptors (Lipinski definition) is 6. The van der Waals surface area contributed by atoms with Gasteiger partial charge < -0.3 is 14.8 Å². The predicted molar refractivity (Wildman–Crippen MR) is 79.1 cm³/mol. The van der Waals surface area contributed by atoms with Crippen LogP contribution in [-0.4, -0.2) is 37.0 Å². The van der Waals surface area contributed by atoms with Gasteiger partial charge in [0.05, 0.1) is 6.61 Å². The molecule has 108 valence electrons. The van der Waals surface area contributed by atoms with E-state index in [0.717, 1.165) is 41.9 Å². The zero-order valence-corrected chi connectivity index (χ0v) is 12.4. The first kappa shape index (κ1) is 14.9. The second-order valence-electron chi connectivity index (χ2n) is 4.18. The molecule has 0 fully saturated rings. The molecule has 0 saturated heterocycles. The smallest absolute Gasteiger partial charge is 0.155 e. The summed E-state index contributed by atoms with van der Waals surface area (Å²) in [6.45, 7) is 2.95. The molecular weight excluding hydrogens is 274 g/mol. The first-order chi connectivity index (χ1) is 9.88. The second kappa shape index (κ2) is 8.63. The maximum atomic E-state index is 5.64. The van der Waals surface area contributed by atoms with Gasteiger partial charge in [0.15, 0.2) is 5.01 Å². The van der Waals surface area contributed by atoms with Crippen LogP contribution >= 0.6 is 11.3 Å². The molecule has 0 aliphatic rings. The van der Waals surface area contributed by atoms with Crippen molar-refractivity contribution in [3.05, 3.63) is 40.3 Å². The predicted octanol–water partition coefficient (Wildman–Crippen LogP) is 1.90. The minimum atomic E-state index is 0.471. The van der Waals surface area contributed by atoms with Crippen LogP contribution in [0.25, 0.3) is 0 Å². The molecule has 0 aliphatic carbocycles. The van der Waals surface area contributed by atoms with Crippen LogP contribution in [0.15, 0.2) is 30.3 Å². The quantitative estimate of drug-likeness (QED) is 0.716. The van der Waals surface area contributed by atoms with Crippen molar-refractivity contribution in [3.63, 3.8) is 0 Å². The van der Waals surface area contributed by atoms with Gasteiger partial charge in [0, 0.05) is 26.6 Å². The van der Waals surface area contributed by atoms with E-state index in [1.807, 2.05) is 30.3 Å². The highest BCUT2D eigenvalue weighted by molar-refractivity contribution is 7.11. The van der Waals surface area contributed by atoms with Crippen molar-refractivity contribution in [1.29, 1.82) is 0 Å². The molecule has 0 atom stereocenters. The first-order valence-corrected chi connectivity index (χ1v) is 7.39. The largest absolute Gasteiger partial charge is 0.486 e. The fourth-order valence-corrected chi connectivity index (χ4v) is 2.36. The summed E-state index contributed by atoms with van der Waals surface area (Å²) in [5, 5.41) is 13.5. The van der Waals surface area contributed by atoms with Crippen LogP contribution in [0.4, 0.5) is 0 Å². The first-order valence-electron chi connectivity index (χ1n) is 6.57. The van der Waals surface area contributed by atoms with E-state index in [0.29, 0.717) is 6.61 Å². The number of para-hydroxylation sites is 1. The lowest BCUT2D eigenvalue weighted by atomic mass is 10.3. The highest BCUT2D eigenvalue weighted by Crippen LogP contribution is 2.14. The van der Waals surface area contributed by atoms with Crippen molar-refractivity contribution >= 4 is 11.3 Å². The molecule has 0 aliphatic heterocycles. The molecule has 0 radical (unpaired) electrons. The Morgan fingerprint density at radius 2 is 1.90 bits per heavy atom. The van der Waals surface area contributed by atoms with E-state index in [4.69, 9.17) is 9.47 Å². The van der Waals surface area contributed by atoms with Crippen LogP contribution in [0.2, 0.25) is 0 Å². The summed E-state index contributed by atoms with van der Waals surface area (Å²) in [6.07, 6.45) is 0.882. The minimum Gasteiger partial charge on any atom is -0.486 e. The number of methoxy groups -OCH3 is 1. The third kappa shape index (κ3) is 5.24. The summed E-state index contributed by atoms with van der Waals surface area (Å²) in [7, 11) is 1.70. The summed E-state index contributed by atoms with van der Waals surface area (Å²) in [5.74, 6) is 0.852. The third-order valence-corrected chi connectivity index (χ3v) is 3.57. The molecule has 6 heteroatoms. The summed E-state index contributed by atoms with van der Waals surface area (Å²) in [4.78, 5) is 0. The number of aromatic nitrogens is 2. The van der Waals surface area contributed by atoms with E-state index < -0.39 is 0 Å². The van der Waals surface area contributed by atoms with Crippen molar-refractivity contribution < 1.29 is 9.47 Å². The molecule has 2 aromatic rings. The van der Waals surface area contributed by atoms with Crippen LogP contribution in [0.1, 0.15) is 10.0 Å². The van der Waals surface area contributed by atoms with Crippen LogP contribution < -0.4 is 10.1 Å². The molecule has 0 saturated carbocycles. The van der Waals surface area contributed by atoms with Gasteiger partial charge in [-0.15, -0.1) is 10.2 Å². The molecule has 1 aromatic heterocycles. The number of ether oxygens (including phenoxy) is 2. The normalized spacial score (nSPS) is 10.7. The molecule has 0 spiro atoms. The van der Waals surface area contributed by atoms with E-state index >= 15 is 0 Å². The third-order valence-electron chi connectivity index (χ3n) is 2.61. The molecule has 20 heavy (non-hydrogen) atoms. The Morgan fingerprint density at radius 3 is 2.70 bits per heavy atom. The van der Waals surface area contributed by atoms with Gasteiger partial charge >= 0.3 is 0 Å². The average Bonchev–Trinajstić information content (AvgIpc) is 2.94. The van der Waals surface area contributed by atoms with Gasteiger partial charge in [-0.1, -0.05) is 29.5 Å². The summed E-state index contributed by atoms with van der Waals surface area (Å²) in [5.41, 5.74) is 0. The van der Waals surface area contributed by atoms with Gasteiger partial charge in [-0.05, 0) is 12.1 Å². The SMILES string of the molecule is COCCNCCc1nnc(COc2ccccc2)s1. The fourth-order valence-electron chi connectivity index (χ4n) is 1.60. The van der Waals surface area contributed by atoms with E-state index in [1.54, 1.807) is 18.4 Å². The molecule has 2 rings (SSSR count). The number of nitrogens with one attached hydrogen (secondary N) is 1. The maximum absolute atomic E-state index is 5.64. The molecule has 1 heterocycles. The molecular formula is C14H19N3O2S. The topological polar surface area (TPSA) is 56.3 Å². The highest BCUT2D eigenvalue weighted by Gasteiger charge is 2.04. The Hall–Kier alpha value is -1.50. The van der Waals surface area contributed by atoms with E-state index in [2.05, 4.69) is 15.5 Å². The Morgan fingerprint density at radius 1 is 1.10 bits per heavy atom. The van der Waals surface area contributed by atoms with Crippen molar-refractivity contribution in [2.24, 2.45) is 0 Å².